The summed E-state index contributed by atoms with van der Waals surface area (Å²) in [6.07, 6.45) is 4.31. The van der Waals surface area contributed by atoms with Crippen LogP contribution in [-0.2, 0) is 16.1 Å². The Labute approximate surface area is 153 Å². The zero-order chi connectivity index (χ0) is 18.0. The first kappa shape index (κ1) is 18.0. The molecule has 0 spiro atoms. The van der Waals surface area contributed by atoms with E-state index in [2.05, 4.69) is 18.9 Å². The Morgan fingerprint density at radius 3 is 2.96 bits per heavy atom. The van der Waals surface area contributed by atoms with Gasteiger partial charge in [-0.3, -0.25) is 9.48 Å². The van der Waals surface area contributed by atoms with Crippen molar-refractivity contribution in [3.8, 4) is 0 Å². The van der Waals surface area contributed by atoms with Gasteiger partial charge in [-0.1, -0.05) is 23.7 Å². The van der Waals surface area contributed by atoms with Crippen molar-refractivity contribution in [2.75, 3.05) is 13.7 Å². The van der Waals surface area contributed by atoms with Gasteiger partial charge < -0.3 is 9.64 Å². The summed E-state index contributed by atoms with van der Waals surface area (Å²) < 4.78 is 7.76. The molecule has 2 aromatic rings. The summed E-state index contributed by atoms with van der Waals surface area (Å²) >= 11 is 6.03. The predicted molar refractivity (Wildman–Crippen MR) is 97.3 cm³/mol. The molecule has 0 saturated carbocycles. The molecule has 0 bridgehead atoms. The molecule has 1 aromatic heterocycles. The van der Waals surface area contributed by atoms with Gasteiger partial charge in [0.15, 0.2) is 0 Å². The molecule has 0 unspecified atom stereocenters. The molecule has 1 fully saturated rings. The Balaban J connectivity index is 1.71. The van der Waals surface area contributed by atoms with E-state index in [4.69, 9.17) is 16.3 Å². The van der Waals surface area contributed by atoms with Gasteiger partial charge in [-0.15, -0.1) is 0 Å². The second kappa shape index (κ2) is 7.58. The quantitative estimate of drug-likeness (QED) is 0.812. The average Bonchev–Trinajstić information content (AvgIpc) is 3.23. The highest BCUT2D eigenvalue weighted by Gasteiger charge is 2.37. The Morgan fingerprint density at radius 2 is 2.28 bits per heavy atom. The van der Waals surface area contributed by atoms with Crippen LogP contribution in [0.2, 0.25) is 5.02 Å². The highest BCUT2D eigenvalue weighted by Crippen LogP contribution is 2.36. The lowest BCUT2D eigenvalue weighted by Crippen LogP contribution is -2.33. The number of hydrogen-bond acceptors (Lipinski definition) is 3. The van der Waals surface area contributed by atoms with Crippen molar-refractivity contribution in [3.63, 3.8) is 0 Å². The van der Waals surface area contributed by atoms with E-state index in [0.29, 0.717) is 18.2 Å². The summed E-state index contributed by atoms with van der Waals surface area (Å²) in [6, 6.07) is 7.89. The monoisotopic (exact) mass is 361 g/mol. The zero-order valence-electron chi connectivity index (χ0n) is 14.9. The summed E-state index contributed by atoms with van der Waals surface area (Å²) in [5.41, 5.74) is 1.99. The first-order valence-electron chi connectivity index (χ1n) is 8.61. The van der Waals surface area contributed by atoms with Gasteiger partial charge in [0.2, 0.25) is 5.91 Å². The molecule has 1 amide bonds. The summed E-state index contributed by atoms with van der Waals surface area (Å²) in [6.45, 7) is 5.29. The fourth-order valence-corrected chi connectivity index (χ4v) is 3.44. The number of carbonyl (C=O) groups is 1. The lowest BCUT2D eigenvalue weighted by molar-refractivity contribution is -0.136. The minimum absolute atomic E-state index is 0.0970. The van der Waals surface area contributed by atoms with Crippen molar-refractivity contribution in [1.82, 2.24) is 14.7 Å². The second-order valence-electron chi connectivity index (χ2n) is 6.86. The molecule has 6 heteroatoms. The van der Waals surface area contributed by atoms with Crippen LogP contribution in [-0.4, -0.2) is 34.2 Å². The van der Waals surface area contributed by atoms with E-state index < -0.39 is 0 Å². The Kier molecular flexibility index (Phi) is 5.45. The van der Waals surface area contributed by atoms with Crippen LogP contribution >= 0.6 is 11.6 Å². The summed E-state index contributed by atoms with van der Waals surface area (Å²) in [5, 5.41) is 5.06. The molecule has 1 aliphatic rings. The number of hydrogen-bond donors (Lipinski definition) is 0. The molecule has 5 nitrogen and oxygen atoms in total. The summed E-state index contributed by atoms with van der Waals surface area (Å²) in [7, 11) is 1.83. The Bertz CT molecular complexity index is 744. The lowest BCUT2D eigenvalue weighted by atomic mass is 9.95. The van der Waals surface area contributed by atoms with E-state index >= 15 is 0 Å². The highest BCUT2D eigenvalue weighted by atomic mass is 35.5. The fraction of sp³-hybridized carbons (Fsp3) is 0.474. The molecule has 1 saturated heterocycles. The summed E-state index contributed by atoms with van der Waals surface area (Å²) in [4.78, 5) is 14.7. The average molecular weight is 362 g/mol. The van der Waals surface area contributed by atoms with Crippen molar-refractivity contribution < 1.29 is 9.53 Å². The van der Waals surface area contributed by atoms with Crippen LogP contribution in [0, 0.1) is 5.92 Å². The largest absolute Gasteiger partial charge is 0.373 e. The van der Waals surface area contributed by atoms with Gasteiger partial charge in [0.25, 0.3) is 0 Å². The first-order chi connectivity index (χ1) is 12.0. The molecule has 1 aromatic carbocycles. The van der Waals surface area contributed by atoms with Crippen molar-refractivity contribution in [2.45, 2.75) is 39.0 Å². The van der Waals surface area contributed by atoms with Gasteiger partial charge in [-0.25, -0.2) is 0 Å². The molecule has 2 heterocycles. The van der Waals surface area contributed by atoms with Gasteiger partial charge in [0, 0.05) is 43.0 Å². The third-order valence-corrected chi connectivity index (χ3v) is 4.81. The number of halogens is 1. The molecule has 134 valence electrons. The van der Waals surface area contributed by atoms with Crippen LogP contribution in [0.15, 0.2) is 36.7 Å². The number of rotatable bonds is 5. The van der Waals surface area contributed by atoms with Gasteiger partial charge in [0.1, 0.15) is 0 Å². The maximum absolute atomic E-state index is 12.9. The van der Waals surface area contributed by atoms with Crippen LogP contribution in [0.5, 0.6) is 0 Å². The Hall–Kier alpha value is -1.85. The third kappa shape index (κ3) is 4.05. The van der Waals surface area contributed by atoms with Crippen molar-refractivity contribution in [1.29, 1.82) is 0 Å². The van der Waals surface area contributed by atoms with Crippen molar-refractivity contribution >= 4 is 17.5 Å². The molecule has 0 N–H and O–H groups in total. The van der Waals surface area contributed by atoms with Crippen LogP contribution in [0.3, 0.4) is 0 Å². The molecular formula is C19H24ClN3O2. The highest BCUT2D eigenvalue weighted by molar-refractivity contribution is 6.30. The van der Waals surface area contributed by atoms with E-state index in [1.165, 1.54) is 0 Å². The minimum atomic E-state index is -0.221. The standard InChI is InChI=1S/C19H24ClN3O2/c1-13(2)23-12-15(10-21-23)18-17(7-8-25-18)19(24)22(3)11-14-5-4-6-16(20)9-14/h4-6,9-10,12-13,17-18H,7-8,11H2,1-3H3/t17-,18+/m0/s1. The van der Waals surface area contributed by atoms with E-state index in [1.54, 1.807) is 4.90 Å². The van der Waals surface area contributed by atoms with Gasteiger partial charge in [0.05, 0.1) is 18.2 Å². The van der Waals surface area contributed by atoms with E-state index in [0.717, 1.165) is 17.5 Å². The molecular weight excluding hydrogens is 338 g/mol. The number of ether oxygens (including phenoxy) is 1. The first-order valence-corrected chi connectivity index (χ1v) is 8.98. The number of carbonyl (C=O) groups excluding carboxylic acids is 1. The van der Waals surface area contributed by atoms with Crippen LogP contribution in [0.25, 0.3) is 0 Å². The lowest BCUT2D eigenvalue weighted by Gasteiger charge is -2.24. The van der Waals surface area contributed by atoms with Crippen molar-refractivity contribution in [3.05, 3.63) is 52.8 Å². The topological polar surface area (TPSA) is 47.4 Å². The molecule has 0 radical (unpaired) electrons. The number of nitrogens with zero attached hydrogens (tertiary/aromatic N) is 3. The minimum Gasteiger partial charge on any atom is -0.373 e. The molecule has 2 atom stereocenters. The van der Waals surface area contributed by atoms with Gasteiger partial charge in [-0.05, 0) is 38.0 Å². The molecule has 3 rings (SSSR count). The number of amides is 1. The maximum atomic E-state index is 12.9. The predicted octanol–water partition coefficient (Wildman–Crippen LogP) is 3.85. The van der Waals surface area contributed by atoms with E-state index in [1.807, 2.05) is 48.4 Å². The number of aromatic nitrogens is 2. The second-order valence-corrected chi connectivity index (χ2v) is 7.29. The van der Waals surface area contributed by atoms with Crippen molar-refractivity contribution in [2.24, 2.45) is 5.92 Å². The molecule has 0 aliphatic carbocycles. The van der Waals surface area contributed by atoms with Crippen LogP contribution < -0.4 is 0 Å². The third-order valence-electron chi connectivity index (χ3n) is 4.57. The normalized spacial score (nSPS) is 20.2. The van der Waals surface area contributed by atoms with Crippen LogP contribution in [0.4, 0.5) is 0 Å². The smallest absolute Gasteiger partial charge is 0.228 e. The SMILES string of the molecule is CC(C)n1cc([C@H]2OCC[C@@H]2C(=O)N(C)Cc2cccc(Cl)c2)cn1. The van der Waals surface area contributed by atoms with E-state index in [9.17, 15) is 4.79 Å². The van der Waals surface area contributed by atoms with Gasteiger partial charge >= 0.3 is 0 Å². The summed E-state index contributed by atoms with van der Waals surface area (Å²) in [5.74, 6) is -0.0752. The van der Waals surface area contributed by atoms with E-state index in [-0.39, 0.29) is 24.0 Å². The fourth-order valence-electron chi connectivity index (χ4n) is 3.22. The zero-order valence-corrected chi connectivity index (χ0v) is 15.6. The van der Waals surface area contributed by atoms with Crippen LogP contribution in [0.1, 0.15) is 43.5 Å². The Morgan fingerprint density at radius 1 is 1.48 bits per heavy atom. The molecule has 1 aliphatic heterocycles. The number of benzene rings is 1. The molecule has 25 heavy (non-hydrogen) atoms. The maximum Gasteiger partial charge on any atom is 0.228 e. The van der Waals surface area contributed by atoms with Gasteiger partial charge in [-0.2, -0.15) is 5.10 Å².